The van der Waals surface area contributed by atoms with Gasteiger partial charge < -0.3 is 9.88 Å². The normalized spacial score (nSPS) is 10.4. The van der Waals surface area contributed by atoms with Crippen LogP contribution in [0.1, 0.15) is 42.0 Å². The van der Waals surface area contributed by atoms with Crippen LogP contribution >= 0.6 is 0 Å². The summed E-state index contributed by atoms with van der Waals surface area (Å²) in [4.78, 5) is 11.9. The molecular weight excluding hydrogens is 188 g/mol. The maximum atomic E-state index is 11.9. The first kappa shape index (κ1) is 11.8. The van der Waals surface area contributed by atoms with Crippen molar-refractivity contribution < 1.29 is 4.79 Å². The van der Waals surface area contributed by atoms with Crippen molar-refractivity contribution in [3.63, 3.8) is 0 Å². The Morgan fingerprint density at radius 3 is 2.60 bits per heavy atom. The summed E-state index contributed by atoms with van der Waals surface area (Å²) >= 11 is 0. The van der Waals surface area contributed by atoms with Gasteiger partial charge in [-0.05, 0) is 38.8 Å². The second-order valence-corrected chi connectivity index (χ2v) is 3.82. The predicted octanol–water partition coefficient (Wildman–Crippen LogP) is 2.26. The van der Waals surface area contributed by atoms with Gasteiger partial charge in [0.15, 0.2) is 0 Å². The summed E-state index contributed by atoms with van der Waals surface area (Å²) in [6.07, 6.45) is 0.969. The van der Waals surface area contributed by atoms with Gasteiger partial charge in [0, 0.05) is 18.8 Å². The van der Waals surface area contributed by atoms with Crippen molar-refractivity contribution >= 4 is 5.91 Å². The number of nitrogens with one attached hydrogen (secondary N) is 1. The topological polar surface area (TPSA) is 34.0 Å². The maximum absolute atomic E-state index is 11.9. The molecular formula is C12H20N2O. The van der Waals surface area contributed by atoms with E-state index in [1.165, 1.54) is 0 Å². The second-order valence-electron chi connectivity index (χ2n) is 3.82. The zero-order valence-corrected chi connectivity index (χ0v) is 10.1. The highest BCUT2D eigenvalue weighted by molar-refractivity contribution is 5.94. The molecule has 1 rings (SSSR count). The highest BCUT2D eigenvalue weighted by atomic mass is 16.1. The van der Waals surface area contributed by atoms with Crippen LogP contribution in [0.3, 0.4) is 0 Å². The van der Waals surface area contributed by atoms with E-state index in [2.05, 4.69) is 29.8 Å². The van der Waals surface area contributed by atoms with Gasteiger partial charge in [-0.2, -0.15) is 0 Å². The Balaban J connectivity index is 2.96. The van der Waals surface area contributed by atoms with Crippen LogP contribution in [0.5, 0.6) is 0 Å². The molecule has 1 heterocycles. The molecule has 0 atom stereocenters. The first-order valence-electron chi connectivity index (χ1n) is 5.56. The van der Waals surface area contributed by atoms with Crippen molar-refractivity contribution in [1.82, 2.24) is 9.88 Å². The average molecular weight is 208 g/mol. The SMILES string of the molecule is CCCNC(=O)c1c(C)cc(C)n1CC. The third kappa shape index (κ3) is 2.41. The molecule has 84 valence electrons. The molecule has 1 N–H and O–H groups in total. The predicted molar refractivity (Wildman–Crippen MR) is 62.2 cm³/mol. The van der Waals surface area contributed by atoms with Crippen LogP contribution < -0.4 is 5.32 Å². The standard InChI is InChI=1S/C12H20N2O/c1-5-7-13-12(15)11-9(3)8-10(4)14(11)6-2/h8H,5-7H2,1-4H3,(H,13,15). The molecule has 0 unspecified atom stereocenters. The van der Waals surface area contributed by atoms with Crippen LogP contribution in [-0.4, -0.2) is 17.0 Å². The molecule has 3 nitrogen and oxygen atoms in total. The summed E-state index contributed by atoms with van der Waals surface area (Å²) in [6.45, 7) is 9.72. The van der Waals surface area contributed by atoms with Gasteiger partial charge in [-0.1, -0.05) is 6.92 Å². The number of aryl methyl sites for hydroxylation is 2. The second kappa shape index (κ2) is 5.01. The van der Waals surface area contributed by atoms with Gasteiger partial charge >= 0.3 is 0 Å². The summed E-state index contributed by atoms with van der Waals surface area (Å²) < 4.78 is 2.06. The highest BCUT2D eigenvalue weighted by Crippen LogP contribution is 2.14. The molecule has 0 saturated heterocycles. The van der Waals surface area contributed by atoms with E-state index in [1.54, 1.807) is 0 Å². The van der Waals surface area contributed by atoms with Crippen molar-refractivity contribution in [2.24, 2.45) is 0 Å². The molecule has 1 aromatic heterocycles. The van der Waals surface area contributed by atoms with Gasteiger partial charge in [0.25, 0.3) is 5.91 Å². The molecule has 0 saturated carbocycles. The summed E-state index contributed by atoms with van der Waals surface area (Å²) in [7, 11) is 0. The van der Waals surface area contributed by atoms with Crippen LogP contribution in [0.2, 0.25) is 0 Å². The molecule has 0 aromatic carbocycles. The van der Waals surface area contributed by atoms with Crippen LogP contribution in [0.15, 0.2) is 6.07 Å². The van der Waals surface area contributed by atoms with E-state index < -0.39 is 0 Å². The number of rotatable bonds is 4. The number of aromatic nitrogens is 1. The number of nitrogens with zero attached hydrogens (tertiary/aromatic N) is 1. The smallest absolute Gasteiger partial charge is 0.268 e. The lowest BCUT2D eigenvalue weighted by atomic mass is 10.2. The highest BCUT2D eigenvalue weighted by Gasteiger charge is 2.15. The summed E-state index contributed by atoms with van der Waals surface area (Å²) in [5.74, 6) is 0.0456. The Hall–Kier alpha value is -1.25. The van der Waals surface area contributed by atoms with Crippen molar-refractivity contribution in [3.05, 3.63) is 23.0 Å². The molecule has 0 aliphatic heterocycles. The number of carbonyl (C=O) groups is 1. The Morgan fingerprint density at radius 1 is 1.40 bits per heavy atom. The molecule has 15 heavy (non-hydrogen) atoms. The Bertz CT molecular complexity index is 353. The van der Waals surface area contributed by atoms with Crippen LogP contribution in [-0.2, 0) is 6.54 Å². The van der Waals surface area contributed by atoms with E-state index >= 15 is 0 Å². The van der Waals surface area contributed by atoms with Gasteiger partial charge in [0.2, 0.25) is 0 Å². The quantitative estimate of drug-likeness (QED) is 0.809. The zero-order chi connectivity index (χ0) is 11.4. The van der Waals surface area contributed by atoms with E-state index in [4.69, 9.17) is 0 Å². The minimum absolute atomic E-state index is 0.0456. The lowest BCUT2D eigenvalue weighted by molar-refractivity contribution is 0.0943. The van der Waals surface area contributed by atoms with Gasteiger partial charge in [0.1, 0.15) is 5.69 Å². The summed E-state index contributed by atoms with van der Waals surface area (Å²) in [5, 5.41) is 2.92. The van der Waals surface area contributed by atoms with E-state index in [0.717, 1.165) is 36.5 Å². The lowest BCUT2D eigenvalue weighted by Gasteiger charge is -2.09. The molecule has 1 amide bonds. The van der Waals surface area contributed by atoms with Crippen LogP contribution in [0.25, 0.3) is 0 Å². The monoisotopic (exact) mass is 208 g/mol. The fourth-order valence-corrected chi connectivity index (χ4v) is 1.88. The van der Waals surface area contributed by atoms with Gasteiger partial charge in [0.05, 0.1) is 0 Å². The lowest BCUT2D eigenvalue weighted by Crippen LogP contribution is -2.27. The van der Waals surface area contributed by atoms with Gasteiger partial charge in [-0.3, -0.25) is 4.79 Å². The zero-order valence-electron chi connectivity index (χ0n) is 10.1. The fourth-order valence-electron chi connectivity index (χ4n) is 1.88. The average Bonchev–Trinajstić information content (AvgIpc) is 2.49. The first-order valence-corrected chi connectivity index (χ1v) is 5.56. The fraction of sp³-hybridized carbons (Fsp3) is 0.583. The van der Waals surface area contributed by atoms with E-state index in [9.17, 15) is 4.79 Å². The molecule has 0 radical (unpaired) electrons. The van der Waals surface area contributed by atoms with Gasteiger partial charge in [-0.25, -0.2) is 0 Å². The molecule has 0 fully saturated rings. The number of amides is 1. The third-order valence-electron chi connectivity index (χ3n) is 2.56. The number of hydrogen-bond acceptors (Lipinski definition) is 1. The Morgan fingerprint density at radius 2 is 2.07 bits per heavy atom. The van der Waals surface area contributed by atoms with Crippen LogP contribution in [0.4, 0.5) is 0 Å². The van der Waals surface area contributed by atoms with Crippen molar-refractivity contribution in [2.75, 3.05) is 6.54 Å². The third-order valence-corrected chi connectivity index (χ3v) is 2.56. The van der Waals surface area contributed by atoms with Gasteiger partial charge in [-0.15, -0.1) is 0 Å². The summed E-state index contributed by atoms with van der Waals surface area (Å²) in [6, 6.07) is 2.06. The van der Waals surface area contributed by atoms with E-state index in [0.29, 0.717) is 0 Å². The molecule has 0 aliphatic rings. The molecule has 0 bridgehead atoms. The van der Waals surface area contributed by atoms with E-state index in [-0.39, 0.29) is 5.91 Å². The minimum Gasteiger partial charge on any atom is -0.351 e. The summed E-state index contributed by atoms with van der Waals surface area (Å²) in [5.41, 5.74) is 3.02. The number of hydrogen-bond donors (Lipinski definition) is 1. The number of carbonyl (C=O) groups excluding carboxylic acids is 1. The van der Waals surface area contributed by atoms with Crippen molar-refractivity contribution in [1.29, 1.82) is 0 Å². The van der Waals surface area contributed by atoms with Crippen molar-refractivity contribution in [3.8, 4) is 0 Å². The minimum atomic E-state index is 0.0456. The molecule has 1 aromatic rings. The molecule has 0 spiro atoms. The first-order chi connectivity index (χ1) is 7.11. The largest absolute Gasteiger partial charge is 0.351 e. The van der Waals surface area contributed by atoms with E-state index in [1.807, 2.05) is 13.8 Å². The molecule has 0 aliphatic carbocycles. The Labute approximate surface area is 91.5 Å². The van der Waals surface area contributed by atoms with Crippen molar-refractivity contribution in [2.45, 2.75) is 40.7 Å². The van der Waals surface area contributed by atoms with Crippen LogP contribution in [0, 0.1) is 13.8 Å². The Kier molecular flexibility index (Phi) is 3.95. The maximum Gasteiger partial charge on any atom is 0.268 e. The molecule has 3 heteroatoms.